The van der Waals surface area contributed by atoms with Crippen LogP contribution in [0, 0.1) is 13.8 Å². The summed E-state index contributed by atoms with van der Waals surface area (Å²) in [5.74, 6) is 0.818. The van der Waals surface area contributed by atoms with Crippen molar-refractivity contribution in [3.8, 4) is 5.75 Å². The highest BCUT2D eigenvalue weighted by Gasteiger charge is 2.26. The van der Waals surface area contributed by atoms with E-state index in [4.69, 9.17) is 4.74 Å². The van der Waals surface area contributed by atoms with Crippen LogP contribution in [0.2, 0.25) is 0 Å². The van der Waals surface area contributed by atoms with Crippen molar-refractivity contribution in [3.63, 3.8) is 0 Å². The van der Waals surface area contributed by atoms with Gasteiger partial charge in [0.25, 0.3) is 0 Å². The molecule has 2 N–H and O–H groups in total. The standard InChI is InChI=1S/C16H23NO3/c1-5-15(19)12-8-13-14(17-11(4)18)6-7-20-16(13)10(3)9(12)2/h8,14-15,19H,5-7H2,1-4H3,(H,17,18). The minimum Gasteiger partial charge on any atom is -0.493 e. The fourth-order valence-electron chi connectivity index (χ4n) is 2.79. The Balaban J connectivity index is 2.52. The second kappa shape index (κ2) is 5.83. The summed E-state index contributed by atoms with van der Waals surface area (Å²) in [6, 6.07) is 1.96. The van der Waals surface area contributed by atoms with Crippen LogP contribution in [-0.4, -0.2) is 17.6 Å². The Morgan fingerprint density at radius 3 is 2.80 bits per heavy atom. The Hall–Kier alpha value is -1.55. The molecule has 2 atom stereocenters. The highest BCUT2D eigenvalue weighted by Crippen LogP contribution is 2.39. The summed E-state index contributed by atoms with van der Waals surface area (Å²) in [4.78, 5) is 11.3. The third kappa shape index (κ3) is 2.66. The molecular weight excluding hydrogens is 254 g/mol. The number of amides is 1. The molecule has 0 radical (unpaired) electrons. The first kappa shape index (κ1) is 14.9. The molecule has 2 unspecified atom stereocenters. The number of rotatable bonds is 3. The molecule has 20 heavy (non-hydrogen) atoms. The molecular formula is C16H23NO3. The Morgan fingerprint density at radius 2 is 2.20 bits per heavy atom. The van der Waals surface area contributed by atoms with Gasteiger partial charge in [-0.15, -0.1) is 0 Å². The number of hydrogen-bond donors (Lipinski definition) is 2. The van der Waals surface area contributed by atoms with Gasteiger partial charge < -0.3 is 15.2 Å². The summed E-state index contributed by atoms with van der Waals surface area (Å²) < 4.78 is 5.78. The average Bonchev–Trinajstić information content (AvgIpc) is 2.42. The minimum atomic E-state index is -0.473. The van der Waals surface area contributed by atoms with Crippen LogP contribution in [-0.2, 0) is 4.79 Å². The first-order valence-electron chi connectivity index (χ1n) is 7.17. The van der Waals surface area contributed by atoms with Gasteiger partial charge in [-0.1, -0.05) is 6.92 Å². The molecule has 0 bridgehead atoms. The average molecular weight is 277 g/mol. The van der Waals surface area contributed by atoms with Gasteiger partial charge in [0.2, 0.25) is 5.91 Å². The van der Waals surface area contributed by atoms with E-state index in [1.165, 1.54) is 6.92 Å². The molecule has 4 nitrogen and oxygen atoms in total. The van der Waals surface area contributed by atoms with E-state index in [2.05, 4.69) is 5.32 Å². The van der Waals surface area contributed by atoms with Crippen molar-refractivity contribution in [2.24, 2.45) is 0 Å². The molecule has 0 spiro atoms. The number of fused-ring (bicyclic) bond motifs is 1. The second-order valence-electron chi connectivity index (χ2n) is 5.45. The lowest BCUT2D eigenvalue weighted by Crippen LogP contribution is -2.31. The molecule has 1 aromatic rings. The van der Waals surface area contributed by atoms with Crippen molar-refractivity contribution in [1.29, 1.82) is 0 Å². The van der Waals surface area contributed by atoms with Gasteiger partial charge in [-0.25, -0.2) is 0 Å². The van der Waals surface area contributed by atoms with Crippen molar-refractivity contribution >= 4 is 5.91 Å². The number of carbonyl (C=O) groups excluding carboxylic acids is 1. The summed E-state index contributed by atoms with van der Waals surface area (Å²) in [5, 5.41) is 13.1. The Morgan fingerprint density at radius 1 is 1.50 bits per heavy atom. The van der Waals surface area contributed by atoms with E-state index >= 15 is 0 Å². The van der Waals surface area contributed by atoms with Gasteiger partial charge in [0.15, 0.2) is 0 Å². The molecule has 0 saturated carbocycles. The molecule has 0 aromatic heterocycles. The van der Waals surface area contributed by atoms with E-state index in [9.17, 15) is 9.90 Å². The summed E-state index contributed by atoms with van der Waals surface area (Å²) in [6.07, 6.45) is 0.959. The molecule has 2 rings (SSSR count). The van der Waals surface area contributed by atoms with Crippen LogP contribution in [0.15, 0.2) is 6.07 Å². The maximum atomic E-state index is 11.3. The Labute approximate surface area is 120 Å². The summed E-state index contributed by atoms with van der Waals surface area (Å²) >= 11 is 0. The first-order chi connectivity index (χ1) is 9.45. The predicted molar refractivity (Wildman–Crippen MR) is 77.8 cm³/mol. The van der Waals surface area contributed by atoms with Gasteiger partial charge in [0.1, 0.15) is 5.75 Å². The van der Waals surface area contributed by atoms with Gasteiger partial charge in [-0.05, 0) is 43.0 Å². The molecule has 110 valence electrons. The van der Waals surface area contributed by atoms with Crippen LogP contribution in [0.25, 0.3) is 0 Å². The molecule has 0 fully saturated rings. The second-order valence-corrected chi connectivity index (χ2v) is 5.45. The minimum absolute atomic E-state index is 0.0293. The lowest BCUT2D eigenvalue weighted by molar-refractivity contribution is -0.119. The Bertz CT molecular complexity index is 525. The third-order valence-electron chi connectivity index (χ3n) is 4.06. The maximum Gasteiger partial charge on any atom is 0.217 e. The topological polar surface area (TPSA) is 58.6 Å². The molecule has 1 aromatic carbocycles. The quantitative estimate of drug-likeness (QED) is 0.893. The molecule has 1 heterocycles. The van der Waals surface area contributed by atoms with E-state index in [0.717, 1.165) is 34.4 Å². The summed E-state index contributed by atoms with van der Waals surface area (Å²) in [6.45, 7) is 8.11. The van der Waals surface area contributed by atoms with Gasteiger partial charge >= 0.3 is 0 Å². The Kier molecular flexibility index (Phi) is 4.33. The van der Waals surface area contributed by atoms with Crippen LogP contribution in [0.1, 0.15) is 61.1 Å². The zero-order valence-electron chi connectivity index (χ0n) is 12.6. The number of carbonyl (C=O) groups is 1. The highest BCUT2D eigenvalue weighted by molar-refractivity contribution is 5.73. The predicted octanol–water partition coefficient (Wildman–Crippen LogP) is 2.71. The van der Waals surface area contributed by atoms with Gasteiger partial charge in [0, 0.05) is 18.9 Å². The summed E-state index contributed by atoms with van der Waals surface area (Å²) in [5.41, 5.74) is 4.04. The van der Waals surface area contributed by atoms with E-state index in [0.29, 0.717) is 13.0 Å². The smallest absolute Gasteiger partial charge is 0.217 e. The van der Waals surface area contributed by atoms with Crippen LogP contribution in [0.5, 0.6) is 5.75 Å². The number of aliphatic hydroxyl groups is 1. The molecule has 4 heteroatoms. The highest BCUT2D eigenvalue weighted by atomic mass is 16.5. The summed E-state index contributed by atoms with van der Waals surface area (Å²) in [7, 11) is 0. The zero-order valence-corrected chi connectivity index (χ0v) is 12.6. The third-order valence-corrected chi connectivity index (χ3v) is 4.06. The number of aliphatic hydroxyl groups excluding tert-OH is 1. The van der Waals surface area contributed by atoms with Crippen molar-refractivity contribution in [2.45, 2.75) is 52.7 Å². The van der Waals surface area contributed by atoms with E-state index in [-0.39, 0.29) is 11.9 Å². The first-order valence-corrected chi connectivity index (χ1v) is 7.17. The van der Waals surface area contributed by atoms with E-state index < -0.39 is 6.10 Å². The van der Waals surface area contributed by atoms with Gasteiger partial charge in [-0.3, -0.25) is 4.79 Å². The van der Waals surface area contributed by atoms with Crippen LogP contribution >= 0.6 is 0 Å². The van der Waals surface area contributed by atoms with E-state index in [1.807, 2.05) is 26.8 Å². The van der Waals surface area contributed by atoms with Crippen molar-refractivity contribution < 1.29 is 14.6 Å². The van der Waals surface area contributed by atoms with Gasteiger partial charge in [-0.2, -0.15) is 0 Å². The van der Waals surface area contributed by atoms with Gasteiger partial charge in [0.05, 0.1) is 18.8 Å². The fraction of sp³-hybridized carbons (Fsp3) is 0.562. The molecule has 0 saturated heterocycles. The number of benzene rings is 1. The monoisotopic (exact) mass is 277 g/mol. The molecule has 1 aliphatic rings. The number of ether oxygens (including phenoxy) is 1. The molecule has 1 aliphatic heterocycles. The van der Waals surface area contributed by atoms with Crippen LogP contribution in [0.4, 0.5) is 0 Å². The van der Waals surface area contributed by atoms with Crippen LogP contribution in [0.3, 0.4) is 0 Å². The zero-order chi connectivity index (χ0) is 14.9. The maximum absolute atomic E-state index is 11.3. The normalized spacial score (nSPS) is 18.9. The van der Waals surface area contributed by atoms with Crippen molar-refractivity contribution in [3.05, 3.63) is 28.3 Å². The molecule has 0 aliphatic carbocycles. The lowest BCUT2D eigenvalue weighted by Gasteiger charge is -2.30. The van der Waals surface area contributed by atoms with E-state index in [1.54, 1.807) is 0 Å². The fourth-order valence-corrected chi connectivity index (χ4v) is 2.79. The molecule has 1 amide bonds. The number of nitrogens with one attached hydrogen (secondary N) is 1. The largest absolute Gasteiger partial charge is 0.493 e. The number of hydrogen-bond acceptors (Lipinski definition) is 3. The van der Waals surface area contributed by atoms with Crippen molar-refractivity contribution in [2.75, 3.05) is 6.61 Å². The van der Waals surface area contributed by atoms with Crippen molar-refractivity contribution in [1.82, 2.24) is 5.32 Å². The lowest BCUT2D eigenvalue weighted by atomic mass is 9.89. The van der Waals surface area contributed by atoms with Crippen LogP contribution < -0.4 is 10.1 Å². The SMILES string of the molecule is CCC(O)c1cc2c(c(C)c1C)OCCC2NC(C)=O.